The normalized spacial score (nSPS) is 10.1. The third-order valence-corrected chi connectivity index (χ3v) is 2.48. The Morgan fingerprint density at radius 1 is 1.17 bits per heavy atom. The number of non-ortho nitro benzene ring substituents is 1. The molecule has 0 saturated carbocycles. The van der Waals surface area contributed by atoms with Crippen molar-refractivity contribution in [1.82, 2.24) is 0 Å². The number of nitrogen functional groups attached to an aromatic ring is 1. The molecule has 0 aliphatic carbocycles. The SMILES string of the molecule is Nc1cc(Cl)ccc1Oc1ccc([N+](=O)[O-])cc1. The van der Waals surface area contributed by atoms with Gasteiger partial charge >= 0.3 is 0 Å². The average Bonchev–Trinajstić information content (AvgIpc) is 2.33. The van der Waals surface area contributed by atoms with E-state index in [0.717, 1.165) is 0 Å². The Hall–Kier alpha value is -2.27. The number of rotatable bonds is 3. The molecule has 18 heavy (non-hydrogen) atoms. The summed E-state index contributed by atoms with van der Waals surface area (Å²) < 4.78 is 5.49. The zero-order chi connectivity index (χ0) is 13.1. The molecule has 0 heterocycles. The minimum atomic E-state index is -0.472. The van der Waals surface area contributed by atoms with Crippen LogP contribution in [0.5, 0.6) is 11.5 Å². The summed E-state index contributed by atoms with van der Waals surface area (Å²) in [4.78, 5) is 10.0. The highest BCUT2D eigenvalue weighted by Gasteiger charge is 2.06. The van der Waals surface area contributed by atoms with Crippen molar-refractivity contribution in [2.24, 2.45) is 0 Å². The van der Waals surface area contributed by atoms with Crippen LogP contribution in [0.25, 0.3) is 0 Å². The van der Waals surface area contributed by atoms with Crippen molar-refractivity contribution in [1.29, 1.82) is 0 Å². The molecule has 0 bridgehead atoms. The largest absolute Gasteiger partial charge is 0.455 e. The van der Waals surface area contributed by atoms with Gasteiger partial charge < -0.3 is 10.5 Å². The van der Waals surface area contributed by atoms with Gasteiger partial charge in [-0.25, -0.2) is 0 Å². The Bertz CT molecular complexity index is 584. The molecule has 0 amide bonds. The lowest BCUT2D eigenvalue weighted by Crippen LogP contribution is -1.92. The first kappa shape index (κ1) is 12.2. The Morgan fingerprint density at radius 3 is 2.39 bits per heavy atom. The van der Waals surface area contributed by atoms with Crippen molar-refractivity contribution in [2.75, 3.05) is 5.73 Å². The van der Waals surface area contributed by atoms with E-state index < -0.39 is 4.92 Å². The number of nitrogens with two attached hydrogens (primary N) is 1. The van der Waals surface area contributed by atoms with Crippen LogP contribution in [-0.4, -0.2) is 4.92 Å². The topological polar surface area (TPSA) is 78.4 Å². The van der Waals surface area contributed by atoms with Crippen LogP contribution >= 0.6 is 11.6 Å². The Morgan fingerprint density at radius 2 is 1.83 bits per heavy atom. The van der Waals surface area contributed by atoms with Gasteiger partial charge in [0, 0.05) is 17.2 Å². The lowest BCUT2D eigenvalue weighted by atomic mass is 10.3. The fourth-order valence-corrected chi connectivity index (χ4v) is 1.56. The molecule has 0 unspecified atom stereocenters. The molecule has 0 atom stereocenters. The highest BCUT2D eigenvalue weighted by Crippen LogP contribution is 2.30. The Kier molecular flexibility index (Phi) is 3.34. The molecule has 92 valence electrons. The maximum absolute atomic E-state index is 10.5. The predicted octanol–water partition coefficient (Wildman–Crippen LogP) is 3.62. The van der Waals surface area contributed by atoms with Crippen LogP contribution < -0.4 is 10.5 Å². The number of hydrogen-bond donors (Lipinski definition) is 1. The summed E-state index contributed by atoms with van der Waals surface area (Å²) in [5.74, 6) is 0.919. The molecule has 0 aromatic heterocycles. The second-order valence-electron chi connectivity index (χ2n) is 3.54. The standard InChI is InChI=1S/C12H9ClN2O3/c13-8-1-6-12(11(14)7-8)18-10-4-2-9(3-5-10)15(16)17/h1-7H,14H2. The van der Waals surface area contributed by atoms with E-state index in [1.165, 1.54) is 24.3 Å². The molecule has 0 saturated heterocycles. The van der Waals surface area contributed by atoms with Crippen molar-refractivity contribution in [3.05, 3.63) is 57.6 Å². The first-order valence-corrected chi connectivity index (χ1v) is 5.41. The molecule has 0 spiro atoms. The van der Waals surface area contributed by atoms with Crippen molar-refractivity contribution in [2.45, 2.75) is 0 Å². The lowest BCUT2D eigenvalue weighted by Gasteiger charge is -2.08. The molecule has 2 rings (SSSR count). The second kappa shape index (κ2) is 4.93. The highest BCUT2D eigenvalue weighted by atomic mass is 35.5. The molecule has 2 aromatic carbocycles. The number of benzene rings is 2. The number of anilines is 1. The molecule has 0 radical (unpaired) electrons. The van der Waals surface area contributed by atoms with E-state index >= 15 is 0 Å². The first-order chi connectivity index (χ1) is 8.56. The molecule has 6 heteroatoms. The lowest BCUT2D eigenvalue weighted by molar-refractivity contribution is -0.384. The minimum Gasteiger partial charge on any atom is -0.455 e. The van der Waals surface area contributed by atoms with E-state index in [0.29, 0.717) is 22.2 Å². The molecule has 0 fully saturated rings. The van der Waals surface area contributed by atoms with Crippen LogP contribution in [0.15, 0.2) is 42.5 Å². The van der Waals surface area contributed by atoms with Gasteiger partial charge in [0.25, 0.3) is 5.69 Å². The van der Waals surface area contributed by atoms with Crippen LogP contribution in [0, 0.1) is 10.1 Å². The summed E-state index contributed by atoms with van der Waals surface area (Å²) in [6, 6.07) is 10.6. The van der Waals surface area contributed by atoms with Crippen molar-refractivity contribution in [3.63, 3.8) is 0 Å². The molecule has 5 nitrogen and oxygen atoms in total. The maximum Gasteiger partial charge on any atom is 0.269 e. The minimum absolute atomic E-state index is 0.00595. The average molecular weight is 265 g/mol. The van der Waals surface area contributed by atoms with Gasteiger partial charge in [-0.2, -0.15) is 0 Å². The van der Waals surface area contributed by atoms with Gasteiger partial charge in [-0.3, -0.25) is 10.1 Å². The van der Waals surface area contributed by atoms with Crippen molar-refractivity contribution >= 4 is 23.0 Å². The summed E-state index contributed by atoms with van der Waals surface area (Å²) in [7, 11) is 0. The van der Waals surface area contributed by atoms with E-state index in [9.17, 15) is 10.1 Å². The molecule has 0 aliphatic heterocycles. The fourth-order valence-electron chi connectivity index (χ4n) is 1.38. The number of nitro groups is 1. The van der Waals surface area contributed by atoms with E-state index in [1.807, 2.05) is 0 Å². The van der Waals surface area contributed by atoms with Crippen LogP contribution in [0.1, 0.15) is 0 Å². The van der Waals surface area contributed by atoms with Gasteiger partial charge in [-0.05, 0) is 30.3 Å². The van der Waals surface area contributed by atoms with Gasteiger partial charge in [-0.15, -0.1) is 0 Å². The zero-order valence-corrected chi connectivity index (χ0v) is 9.92. The van der Waals surface area contributed by atoms with Crippen molar-refractivity contribution < 1.29 is 9.66 Å². The third kappa shape index (κ3) is 2.70. The quantitative estimate of drug-likeness (QED) is 0.522. The first-order valence-electron chi connectivity index (χ1n) is 5.03. The second-order valence-corrected chi connectivity index (χ2v) is 3.97. The molecule has 2 aromatic rings. The monoisotopic (exact) mass is 264 g/mol. The maximum atomic E-state index is 10.5. The van der Waals surface area contributed by atoms with E-state index in [-0.39, 0.29) is 5.69 Å². The zero-order valence-electron chi connectivity index (χ0n) is 9.17. The van der Waals surface area contributed by atoms with E-state index in [2.05, 4.69) is 0 Å². The van der Waals surface area contributed by atoms with Crippen molar-refractivity contribution in [3.8, 4) is 11.5 Å². The summed E-state index contributed by atoms with van der Waals surface area (Å²) >= 11 is 5.77. The summed E-state index contributed by atoms with van der Waals surface area (Å²) in [5.41, 5.74) is 6.14. The Balaban J connectivity index is 2.21. The molecular formula is C12H9ClN2O3. The summed E-state index contributed by atoms with van der Waals surface area (Å²) in [6.07, 6.45) is 0. The summed E-state index contributed by atoms with van der Waals surface area (Å²) in [6.45, 7) is 0. The van der Waals surface area contributed by atoms with Gasteiger partial charge in [0.05, 0.1) is 10.6 Å². The van der Waals surface area contributed by atoms with Gasteiger partial charge in [0.2, 0.25) is 0 Å². The number of nitro benzene ring substituents is 1. The van der Waals surface area contributed by atoms with E-state index in [1.54, 1.807) is 18.2 Å². The third-order valence-electron chi connectivity index (χ3n) is 2.25. The van der Waals surface area contributed by atoms with Crippen LogP contribution in [-0.2, 0) is 0 Å². The molecular weight excluding hydrogens is 256 g/mol. The van der Waals surface area contributed by atoms with Crippen LogP contribution in [0.3, 0.4) is 0 Å². The number of ether oxygens (including phenoxy) is 1. The Labute approximate surface area is 108 Å². The molecule has 0 aliphatic rings. The smallest absolute Gasteiger partial charge is 0.269 e. The molecule has 2 N–H and O–H groups in total. The number of hydrogen-bond acceptors (Lipinski definition) is 4. The van der Waals surface area contributed by atoms with Crippen LogP contribution in [0.2, 0.25) is 5.02 Å². The van der Waals surface area contributed by atoms with Crippen LogP contribution in [0.4, 0.5) is 11.4 Å². The number of halogens is 1. The predicted molar refractivity (Wildman–Crippen MR) is 69.0 cm³/mol. The summed E-state index contributed by atoms with van der Waals surface area (Å²) in [5, 5.41) is 11.0. The fraction of sp³-hybridized carbons (Fsp3) is 0. The van der Waals surface area contributed by atoms with Gasteiger partial charge in [0.15, 0.2) is 0 Å². The number of nitrogens with zero attached hydrogens (tertiary/aromatic N) is 1. The van der Waals surface area contributed by atoms with E-state index in [4.69, 9.17) is 22.1 Å². The van der Waals surface area contributed by atoms with Gasteiger partial charge in [0.1, 0.15) is 11.5 Å². The van der Waals surface area contributed by atoms with Gasteiger partial charge in [-0.1, -0.05) is 11.6 Å². The highest BCUT2D eigenvalue weighted by molar-refractivity contribution is 6.30.